The van der Waals surface area contributed by atoms with Crippen LogP contribution in [0.5, 0.6) is 6.01 Å². The molecule has 0 spiro atoms. The zero-order chi connectivity index (χ0) is 12.8. The van der Waals surface area contributed by atoms with Gasteiger partial charge in [-0.3, -0.25) is 0 Å². The molecular weight excluding hydrogens is 248 g/mol. The molecule has 1 N–H and O–H groups in total. The maximum atomic E-state index is 5.31. The fourth-order valence-electron chi connectivity index (χ4n) is 1.28. The Bertz CT molecular complexity index is 507. The Labute approximate surface area is 110 Å². The lowest BCUT2D eigenvalue weighted by molar-refractivity contribution is 0.308. The van der Waals surface area contributed by atoms with Crippen LogP contribution in [0.25, 0.3) is 0 Å². The van der Waals surface area contributed by atoms with Crippen molar-refractivity contribution >= 4 is 17.7 Å². The molecule has 1 aromatic carbocycles. The van der Waals surface area contributed by atoms with Gasteiger partial charge in [0.25, 0.3) is 0 Å². The fraction of sp³-hybridized carbons (Fsp3) is 0.250. The lowest BCUT2D eigenvalue weighted by Gasteiger charge is -2.06. The number of aromatic nitrogens is 3. The Balaban J connectivity index is 2.24. The standard InChI is InChI=1S/C12H14N4OS/c1-3-17-11-14-10(13-2)15-12(16-11)18-9-7-5-4-6-8-9/h4-8H,3H2,1-2H3,(H,13,14,15,16). The van der Waals surface area contributed by atoms with Gasteiger partial charge < -0.3 is 10.1 Å². The minimum atomic E-state index is 0.343. The average molecular weight is 262 g/mol. The zero-order valence-electron chi connectivity index (χ0n) is 10.3. The third-order valence-corrected chi connectivity index (χ3v) is 2.92. The van der Waals surface area contributed by atoms with Crippen molar-refractivity contribution < 1.29 is 4.74 Å². The third-order valence-electron chi connectivity index (χ3n) is 2.04. The Morgan fingerprint density at radius 3 is 2.61 bits per heavy atom. The number of nitrogens with one attached hydrogen (secondary N) is 1. The van der Waals surface area contributed by atoms with Crippen molar-refractivity contribution in [2.24, 2.45) is 0 Å². The molecule has 0 saturated carbocycles. The fourth-order valence-corrected chi connectivity index (χ4v) is 2.04. The molecule has 0 aliphatic carbocycles. The van der Waals surface area contributed by atoms with Gasteiger partial charge >= 0.3 is 6.01 Å². The van der Waals surface area contributed by atoms with Crippen LogP contribution >= 0.6 is 11.8 Å². The minimum Gasteiger partial charge on any atom is -0.464 e. The quantitative estimate of drug-likeness (QED) is 0.893. The van der Waals surface area contributed by atoms with E-state index in [0.29, 0.717) is 23.7 Å². The van der Waals surface area contributed by atoms with Crippen LogP contribution in [0.1, 0.15) is 6.92 Å². The van der Waals surface area contributed by atoms with Gasteiger partial charge in [-0.2, -0.15) is 15.0 Å². The van der Waals surface area contributed by atoms with Crippen molar-refractivity contribution in [3.8, 4) is 6.01 Å². The molecular formula is C12H14N4OS. The average Bonchev–Trinajstić information content (AvgIpc) is 2.40. The molecule has 0 aliphatic heterocycles. The van der Waals surface area contributed by atoms with E-state index in [0.717, 1.165) is 4.90 Å². The summed E-state index contributed by atoms with van der Waals surface area (Å²) in [6.07, 6.45) is 0. The van der Waals surface area contributed by atoms with Crippen LogP contribution in [-0.4, -0.2) is 28.6 Å². The largest absolute Gasteiger partial charge is 0.464 e. The number of hydrogen-bond acceptors (Lipinski definition) is 6. The summed E-state index contributed by atoms with van der Waals surface area (Å²) in [5, 5.41) is 3.51. The van der Waals surface area contributed by atoms with E-state index in [2.05, 4.69) is 20.3 Å². The molecule has 0 radical (unpaired) electrons. The Morgan fingerprint density at radius 1 is 1.17 bits per heavy atom. The monoisotopic (exact) mass is 262 g/mol. The molecule has 1 heterocycles. The normalized spacial score (nSPS) is 10.1. The molecule has 94 valence electrons. The number of benzene rings is 1. The second-order valence-corrected chi connectivity index (χ2v) is 4.36. The molecule has 0 fully saturated rings. The summed E-state index contributed by atoms with van der Waals surface area (Å²) < 4.78 is 5.31. The van der Waals surface area contributed by atoms with E-state index >= 15 is 0 Å². The van der Waals surface area contributed by atoms with Crippen LogP contribution in [0.4, 0.5) is 5.95 Å². The van der Waals surface area contributed by atoms with Gasteiger partial charge in [0.05, 0.1) is 6.61 Å². The molecule has 5 nitrogen and oxygen atoms in total. The van der Waals surface area contributed by atoms with Crippen molar-refractivity contribution in [3.05, 3.63) is 30.3 Å². The van der Waals surface area contributed by atoms with Gasteiger partial charge in [0, 0.05) is 11.9 Å². The summed E-state index contributed by atoms with van der Waals surface area (Å²) in [6, 6.07) is 10.3. The second kappa shape index (κ2) is 6.20. The van der Waals surface area contributed by atoms with Crippen LogP contribution in [0.15, 0.2) is 40.4 Å². The minimum absolute atomic E-state index is 0.343. The highest BCUT2D eigenvalue weighted by Gasteiger charge is 2.07. The topological polar surface area (TPSA) is 59.9 Å². The maximum absolute atomic E-state index is 5.31. The molecule has 0 atom stereocenters. The molecule has 2 rings (SSSR count). The highest BCUT2D eigenvalue weighted by Crippen LogP contribution is 2.25. The van der Waals surface area contributed by atoms with Crippen molar-refractivity contribution in [2.45, 2.75) is 17.0 Å². The Kier molecular flexibility index (Phi) is 4.35. The predicted octanol–water partition coefficient (Wildman–Crippen LogP) is 2.46. The lowest BCUT2D eigenvalue weighted by Crippen LogP contribution is -2.04. The van der Waals surface area contributed by atoms with E-state index in [9.17, 15) is 0 Å². The van der Waals surface area contributed by atoms with E-state index in [1.165, 1.54) is 11.8 Å². The van der Waals surface area contributed by atoms with Crippen molar-refractivity contribution in [1.82, 2.24) is 15.0 Å². The molecule has 6 heteroatoms. The van der Waals surface area contributed by atoms with Gasteiger partial charge in [0.1, 0.15) is 0 Å². The van der Waals surface area contributed by atoms with Crippen molar-refractivity contribution in [3.63, 3.8) is 0 Å². The van der Waals surface area contributed by atoms with Crippen molar-refractivity contribution in [2.75, 3.05) is 19.0 Å². The zero-order valence-corrected chi connectivity index (χ0v) is 11.1. The number of nitrogens with zero attached hydrogens (tertiary/aromatic N) is 3. The van der Waals surface area contributed by atoms with Crippen LogP contribution in [0, 0.1) is 0 Å². The third kappa shape index (κ3) is 3.33. The molecule has 1 aromatic heterocycles. The summed E-state index contributed by atoms with van der Waals surface area (Å²) in [7, 11) is 1.77. The summed E-state index contributed by atoms with van der Waals surface area (Å²) in [6.45, 7) is 2.43. The van der Waals surface area contributed by atoms with Crippen LogP contribution in [-0.2, 0) is 0 Å². The van der Waals surface area contributed by atoms with E-state index in [-0.39, 0.29) is 0 Å². The summed E-state index contributed by atoms with van der Waals surface area (Å²) >= 11 is 1.47. The Morgan fingerprint density at radius 2 is 1.94 bits per heavy atom. The number of hydrogen-bond donors (Lipinski definition) is 1. The molecule has 0 unspecified atom stereocenters. The number of anilines is 1. The molecule has 0 saturated heterocycles. The molecule has 2 aromatic rings. The van der Waals surface area contributed by atoms with Gasteiger partial charge in [-0.05, 0) is 30.8 Å². The van der Waals surface area contributed by atoms with Crippen LogP contribution < -0.4 is 10.1 Å². The summed E-state index contributed by atoms with van der Waals surface area (Å²) in [4.78, 5) is 13.7. The van der Waals surface area contributed by atoms with E-state index in [1.54, 1.807) is 7.05 Å². The van der Waals surface area contributed by atoms with Gasteiger partial charge in [-0.25, -0.2) is 0 Å². The first-order valence-electron chi connectivity index (χ1n) is 5.61. The van der Waals surface area contributed by atoms with E-state index < -0.39 is 0 Å². The smallest absolute Gasteiger partial charge is 0.322 e. The summed E-state index contributed by atoms with van der Waals surface area (Å²) in [5.41, 5.74) is 0. The van der Waals surface area contributed by atoms with Gasteiger partial charge in [-0.1, -0.05) is 18.2 Å². The van der Waals surface area contributed by atoms with Crippen LogP contribution in [0.2, 0.25) is 0 Å². The van der Waals surface area contributed by atoms with Gasteiger partial charge in [0.15, 0.2) is 0 Å². The molecule has 0 bridgehead atoms. The number of ether oxygens (including phenoxy) is 1. The highest BCUT2D eigenvalue weighted by atomic mass is 32.2. The lowest BCUT2D eigenvalue weighted by atomic mass is 10.4. The van der Waals surface area contributed by atoms with E-state index in [4.69, 9.17) is 4.74 Å². The van der Waals surface area contributed by atoms with Gasteiger partial charge in [0.2, 0.25) is 11.1 Å². The van der Waals surface area contributed by atoms with Crippen molar-refractivity contribution in [1.29, 1.82) is 0 Å². The first-order valence-corrected chi connectivity index (χ1v) is 6.43. The maximum Gasteiger partial charge on any atom is 0.322 e. The second-order valence-electron chi connectivity index (χ2n) is 3.32. The molecule has 0 aliphatic rings. The summed E-state index contributed by atoms with van der Waals surface area (Å²) in [5.74, 6) is 0.506. The first-order chi connectivity index (χ1) is 8.81. The van der Waals surface area contributed by atoms with E-state index in [1.807, 2.05) is 37.3 Å². The molecule has 18 heavy (non-hydrogen) atoms. The first kappa shape index (κ1) is 12.6. The molecule has 0 amide bonds. The predicted molar refractivity (Wildman–Crippen MR) is 71.1 cm³/mol. The van der Waals surface area contributed by atoms with Crippen LogP contribution in [0.3, 0.4) is 0 Å². The highest BCUT2D eigenvalue weighted by molar-refractivity contribution is 7.99. The SMILES string of the molecule is CCOc1nc(NC)nc(Sc2ccccc2)n1. The number of rotatable bonds is 5. The Hall–Kier alpha value is -1.82. The van der Waals surface area contributed by atoms with Gasteiger partial charge in [-0.15, -0.1) is 0 Å².